The predicted molar refractivity (Wildman–Crippen MR) is 221 cm³/mol. The fourth-order valence-corrected chi connectivity index (χ4v) is 9.64. The normalized spacial score (nSPS) is 13.2. The lowest BCUT2D eigenvalue weighted by atomic mass is 9.67. The predicted octanol–water partition coefficient (Wildman–Crippen LogP) is 13.8. The third kappa shape index (κ3) is 3.92. The molecule has 0 nitrogen and oxygen atoms in total. The molecule has 0 amide bonds. The molecule has 0 unspecified atom stereocenters. The van der Waals surface area contributed by atoms with E-state index in [0.717, 1.165) is 0 Å². The Morgan fingerprint density at radius 3 is 1.69 bits per heavy atom. The van der Waals surface area contributed by atoms with Crippen molar-refractivity contribution < 1.29 is 0 Å². The maximum absolute atomic E-state index is 2.54. The summed E-state index contributed by atoms with van der Waals surface area (Å²) in [6.45, 7) is 2.22. The average molecular weight is 659 g/mol. The molecule has 0 N–H and O–H groups in total. The van der Waals surface area contributed by atoms with Crippen LogP contribution in [-0.2, 0) is 5.41 Å². The molecule has 11 rings (SSSR count). The van der Waals surface area contributed by atoms with Gasteiger partial charge in [0.05, 0.1) is 5.41 Å². The molecule has 0 atom stereocenters. The Balaban J connectivity index is 1.31. The van der Waals surface area contributed by atoms with E-state index in [1.165, 1.54) is 104 Å². The minimum absolute atomic E-state index is 0.467. The summed E-state index contributed by atoms with van der Waals surface area (Å²) in [7, 11) is 0. The quantitative estimate of drug-likeness (QED) is 0.130. The molecule has 1 aliphatic carbocycles. The van der Waals surface area contributed by atoms with Crippen molar-refractivity contribution in [1.82, 2.24) is 0 Å². The first-order valence-corrected chi connectivity index (χ1v) is 18.3. The molecule has 1 aliphatic rings. The van der Waals surface area contributed by atoms with E-state index in [0.29, 0.717) is 0 Å². The Morgan fingerprint density at radius 1 is 0.346 bits per heavy atom. The number of hydrogen-bond donors (Lipinski definition) is 0. The second-order valence-corrected chi connectivity index (χ2v) is 14.4. The van der Waals surface area contributed by atoms with Gasteiger partial charge in [0, 0.05) is 0 Å². The molecule has 0 aromatic heterocycles. The molecule has 0 saturated heterocycles. The minimum Gasteiger partial charge on any atom is -0.0622 e. The van der Waals surface area contributed by atoms with Crippen LogP contribution in [0, 0.1) is 6.92 Å². The van der Waals surface area contributed by atoms with Crippen LogP contribution < -0.4 is 0 Å². The summed E-state index contributed by atoms with van der Waals surface area (Å²) >= 11 is 0. The Labute approximate surface area is 303 Å². The van der Waals surface area contributed by atoms with E-state index in [4.69, 9.17) is 0 Å². The number of aryl methyl sites for hydroxylation is 1. The SMILES string of the molecule is Cc1ccc2c(-c3cc4c5c(ccc6cccc(c65)C4(c4ccccc4)c4ccccc4)c3)c3ccccc3c(-c3cccc4ccccc34)c2c1. The summed E-state index contributed by atoms with van der Waals surface area (Å²) in [6.07, 6.45) is 0. The van der Waals surface area contributed by atoms with Gasteiger partial charge in [-0.3, -0.25) is 0 Å². The minimum atomic E-state index is -0.467. The summed E-state index contributed by atoms with van der Waals surface area (Å²) in [6, 6.07) is 70.5. The zero-order valence-electron chi connectivity index (χ0n) is 28.9. The van der Waals surface area contributed by atoms with Crippen LogP contribution in [0.5, 0.6) is 0 Å². The Morgan fingerprint density at radius 2 is 0.923 bits per heavy atom. The van der Waals surface area contributed by atoms with Gasteiger partial charge in [0.25, 0.3) is 0 Å². The van der Waals surface area contributed by atoms with Crippen LogP contribution in [0.4, 0.5) is 0 Å². The molecule has 10 aromatic carbocycles. The van der Waals surface area contributed by atoms with Crippen molar-refractivity contribution in [1.29, 1.82) is 0 Å². The fourth-order valence-electron chi connectivity index (χ4n) is 9.64. The van der Waals surface area contributed by atoms with Crippen molar-refractivity contribution >= 4 is 53.9 Å². The molecule has 0 aliphatic heterocycles. The lowest BCUT2D eigenvalue weighted by molar-refractivity contribution is 0.772. The van der Waals surface area contributed by atoms with Crippen LogP contribution in [0.1, 0.15) is 27.8 Å². The molecule has 0 saturated carbocycles. The van der Waals surface area contributed by atoms with Crippen molar-refractivity contribution in [3.8, 4) is 22.3 Å². The Hall–Kier alpha value is -6.50. The van der Waals surface area contributed by atoms with E-state index in [2.05, 4.69) is 195 Å². The van der Waals surface area contributed by atoms with Gasteiger partial charge in [-0.15, -0.1) is 0 Å². The third-order valence-electron chi connectivity index (χ3n) is 11.7. The van der Waals surface area contributed by atoms with E-state index in [-0.39, 0.29) is 0 Å². The zero-order valence-corrected chi connectivity index (χ0v) is 28.9. The first-order valence-electron chi connectivity index (χ1n) is 18.3. The van der Waals surface area contributed by atoms with Crippen LogP contribution in [0.15, 0.2) is 188 Å². The molecule has 242 valence electrons. The second kappa shape index (κ2) is 11.0. The van der Waals surface area contributed by atoms with Gasteiger partial charge < -0.3 is 0 Å². The smallest absolute Gasteiger partial charge is 0.0622 e. The lowest BCUT2D eigenvalue weighted by Gasteiger charge is -2.34. The molecule has 0 heterocycles. The molecule has 0 bridgehead atoms. The average Bonchev–Trinajstić information content (AvgIpc) is 3.51. The topological polar surface area (TPSA) is 0 Å². The van der Waals surface area contributed by atoms with Gasteiger partial charge >= 0.3 is 0 Å². The van der Waals surface area contributed by atoms with Crippen molar-refractivity contribution in [2.45, 2.75) is 12.3 Å². The highest BCUT2D eigenvalue weighted by molar-refractivity contribution is 6.25. The van der Waals surface area contributed by atoms with E-state index < -0.39 is 5.41 Å². The van der Waals surface area contributed by atoms with Crippen molar-refractivity contribution in [3.63, 3.8) is 0 Å². The van der Waals surface area contributed by atoms with Crippen LogP contribution in [0.25, 0.3) is 76.1 Å². The first kappa shape index (κ1) is 29.3. The summed E-state index contributed by atoms with van der Waals surface area (Å²) in [4.78, 5) is 0. The fraction of sp³-hybridized carbons (Fsp3) is 0.0385. The Bertz CT molecular complexity index is 3010. The highest BCUT2D eigenvalue weighted by Crippen LogP contribution is 2.57. The summed E-state index contributed by atoms with van der Waals surface area (Å²) < 4.78 is 0. The van der Waals surface area contributed by atoms with Crippen LogP contribution in [0.3, 0.4) is 0 Å². The molecule has 0 heteroatoms. The molecule has 52 heavy (non-hydrogen) atoms. The van der Waals surface area contributed by atoms with E-state index in [1.54, 1.807) is 0 Å². The van der Waals surface area contributed by atoms with Gasteiger partial charge in [-0.05, 0) is 117 Å². The molecule has 0 radical (unpaired) electrons. The van der Waals surface area contributed by atoms with Crippen molar-refractivity contribution in [2.75, 3.05) is 0 Å². The van der Waals surface area contributed by atoms with Gasteiger partial charge in [-0.25, -0.2) is 0 Å². The van der Waals surface area contributed by atoms with Gasteiger partial charge in [-0.1, -0.05) is 181 Å². The van der Waals surface area contributed by atoms with Gasteiger partial charge in [0.15, 0.2) is 0 Å². The molecule has 10 aromatic rings. The number of benzene rings is 10. The number of fused-ring (bicyclic) bond motifs is 3. The highest BCUT2D eigenvalue weighted by Gasteiger charge is 2.45. The maximum atomic E-state index is 2.54. The van der Waals surface area contributed by atoms with E-state index in [9.17, 15) is 0 Å². The largest absolute Gasteiger partial charge is 0.0714 e. The summed E-state index contributed by atoms with van der Waals surface area (Å²) in [5.41, 5.74) is 11.2. The Kier molecular flexibility index (Phi) is 6.19. The van der Waals surface area contributed by atoms with Crippen LogP contribution in [0.2, 0.25) is 0 Å². The van der Waals surface area contributed by atoms with E-state index >= 15 is 0 Å². The van der Waals surface area contributed by atoms with Gasteiger partial charge in [-0.2, -0.15) is 0 Å². The van der Waals surface area contributed by atoms with Crippen LogP contribution >= 0.6 is 0 Å². The standard InChI is InChI=1S/C52H34/c1-33-26-29-44-45(30-33)51(41-24-12-15-34-14-8-9-21-40(34)41)43-23-11-10-22-42(43)48(44)37-31-36-28-27-35-16-13-25-46-49(35)50(36)47(32-37)52(46,38-17-4-2-5-18-38)39-19-6-3-7-20-39/h2-32H,1H3. The van der Waals surface area contributed by atoms with E-state index in [1.807, 2.05) is 0 Å². The zero-order chi connectivity index (χ0) is 34.4. The number of hydrogen-bond acceptors (Lipinski definition) is 0. The summed E-state index contributed by atoms with van der Waals surface area (Å²) in [5.74, 6) is 0. The second-order valence-electron chi connectivity index (χ2n) is 14.4. The van der Waals surface area contributed by atoms with Gasteiger partial charge in [0.2, 0.25) is 0 Å². The third-order valence-corrected chi connectivity index (χ3v) is 11.7. The van der Waals surface area contributed by atoms with Crippen molar-refractivity contribution in [3.05, 3.63) is 216 Å². The summed E-state index contributed by atoms with van der Waals surface area (Å²) in [5, 5.41) is 13.0. The first-order chi connectivity index (χ1) is 25.7. The van der Waals surface area contributed by atoms with Crippen molar-refractivity contribution in [2.24, 2.45) is 0 Å². The molecular weight excluding hydrogens is 625 g/mol. The highest BCUT2D eigenvalue weighted by atomic mass is 14.5. The van der Waals surface area contributed by atoms with Gasteiger partial charge in [0.1, 0.15) is 0 Å². The lowest BCUT2D eigenvalue weighted by Crippen LogP contribution is -2.28. The van der Waals surface area contributed by atoms with Crippen LogP contribution in [-0.4, -0.2) is 0 Å². The molecule has 0 spiro atoms. The molecular formula is C52H34. The maximum Gasteiger partial charge on any atom is 0.0714 e. The monoisotopic (exact) mass is 658 g/mol. The molecule has 0 fully saturated rings. The number of rotatable bonds is 4.